The molecular weight excluding hydrogens is 253 g/mol. The third kappa shape index (κ3) is 2.89. The second-order valence-corrected chi connectivity index (χ2v) is 4.74. The van der Waals surface area contributed by atoms with Gasteiger partial charge in [-0.25, -0.2) is 4.39 Å². The Labute approximate surface area is 117 Å². The van der Waals surface area contributed by atoms with Crippen LogP contribution in [0.1, 0.15) is 12.0 Å². The molecule has 1 aliphatic heterocycles. The fraction of sp³-hybridized carbons (Fsp3) is 0.176. The van der Waals surface area contributed by atoms with Crippen molar-refractivity contribution >= 4 is 5.57 Å². The van der Waals surface area contributed by atoms with Crippen LogP contribution in [0, 0.1) is 5.82 Å². The summed E-state index contributed by atoms with van der Waals surface area (Å²) in [5.74, 6) is 1.20. The van der Waals surface area contributed by atoms with Crippen LogP contribution in [0.4, 0.5) is 4.39 Å². The summed E-state index contributed by atoms with van der Waals surface area (Å²) in [5, 5.41) is 3.30. The van der Waals surface area contributed by atoms with E-state index in [1.54, 1.807) is 12.1 Å². The van der Waals surface area contributed by atoms with Crippen LogP contribution in [0.3, 0.4) is 0 Å². The van der Waals surface area contributed by atoms with E-state index in [1.807, 2.05) is 18.2 Å². The molecule has 0 saturated carbocycles. The number of halogens is 1. The number of hydrogen-bond acceptors (Lipinski definition) is 2. The van der Waals surface area contributed by atoms with Gasteiger partial charge in [0.2, 0.25) is 0 Å². The Bertz CT molecular complexity index is 619. The van der Waals surface area contributed by atoms with E-state index in [2.05, 4.69) is 17.5 Å². The minimum absolute atomic E-state index is 0.258. The van der Waals surface area contributed by atoms with Gasteiger partial charge in [-0.3, -0.25) is 0 Å². The first kappa shape index (κ1) is 12.9. The summed E-state index contributed by atoms with van der Waals surface area (Å²) in [7, 11) is 0. The van der Waals surface area contributed by atoms with Gasteiger partial charge >= 0.3 is 0 Å². The van der Waals surface area contributed by atoms with Gasteiger partial charge in [-0.2, -0.15) is 0 Å². The minimum Gasteiger partial charge on any atom is -0.457 e. The summed E-state index contributed by atoms with van der Waals surface area (Å²) >= 11 is 0. The molecule has 0 spiro atoms. The molecule has 0 bridgehead atoms. The van der Waals surface area contributed by atoms with Crippen LogP contribution in [0.25, 0.3) is 5.57 Å². The van der Waals surface area contributed by atoms with Crippen LogP contribution in [-0.4, -0.2) is 13.1 Å². The van der Waals surface area contributed by atoms with Crippen molar-refractivity contribution in [1.82, 2.24) is 5.32 Å². The lowest BCUT2D eigenvalue weighted by Crippen LogP contribution is -2.20. The number of nitrogens with one attached hydrogen (secondary N) is 1. The molecule has 20 heavy (non-hydrogen) atoms. The van der Waals surface area contributed by atoms with Crippen molar-refractivity contribution in [1.29, 1.82) is 0 Å². The van der Waals surface area contributed by atoms with Crippen LogP contribution >= 0.6 is 0 Å². The molecule has 3 rings (SSSR count). The van der Waals surface area contributed by atoms with E-state index >= 15 is 0 Å². The molecule has 2 aromatic rings. The van der Waals surface area contributed by atoms with Crippen LogP contribution < -0.4 is 10.1 Å². The molecule has 0 aliphatic carbocycles. The van der Waals surface area contributed by atoms with E-state index in [1.165, 1.54) is 17.7 Å². The van der Waals surface area contributed by atoms with Crippen molar-refractivity contribution < 1.29 is 9.13 Å². The Balaban J connectivity index is 1.89. The van der Waals surface area contributed by atoms with Gasteiger partial charge in [-0.05, 0) is 48.9 Å². The molecule has 1 aliphatic rings. The maximum atomic E-state index is 12.9. The Morgan fingerprint density at radius 1 is 1.00 bits per heavy atom. The van der Waals surface area contributed by atoms with E-state index in [0.29, 0.717) is 5.75 Å². The topological polar surface area (TPSA) is 21.3 Å². The normalized spacial score (nSPS) is 14.8. The lowest BCUT2D eigenvalue weighted by molar-refractivity contribution is 0.478. The summed E-state index contributed by atoms with van der Waals surface area (Å²) in [6, 6.07) is 14.1. The predicted molar refractivity (Wildman–Crippen MR) is 78.4 cm³/mol. The zero-order valence-electron chi connectivity index (χ0n) is 11.1. The molecule has 0 atom stereocenters. The number of rotatable bonds is 3. The Morgan fingerprint density at radius 3 is 2.55 bits per heavy atom. The van der Waals surface area contributed by atoms with Gasteiger partial charge in [0, 0.05) is 12.1 Å². The number of hydrogen-bond donors (Lipinski definition) is 1. The Hall–Kier alpha value is -2.13. The second kappa shape index (κ2) is 5.88. The quantitative estimate of drug-likeness (QED) is 0.909. The largest absolute Gasteiger partial charge is 0.457 e. The van der Waals surface area contributed by atoms with E-state index in [4.69, 9.17) is 4.74 Å². The fourth-order valence-electron chi connectivity index (χ4n) is 2.32. The smallest absolute Gasteiger partial charge is 0.134 e. The van der Waals surface area contributed by atoms with Crippen molar-refractivity contribution in [3.63, 3.8) is 0 Å². The standard InChI is InChI=1S/C17H16FNO/c18-14-5-7-15(8-6-14)20-17-4-2-1-3-16(17)13-9-11-19-12-10-13/h1-9,19H,10-12H2. The molecule has 2 nitrogen and oxygen atoms in total. The number of para-hydroxylation sites is 1. The van der Waals surface area contributed by atoms with Crippen molar-refractivity contribution in [2.24, 2.45) is 0 Å². The first-order valence-electron chi connectivity index (χ1n) is 6.75. The summed E-state index contributed by atoms with van der Waals surface area (Å²) in [4.78, 5) is 0. The molecule has 1 N–H and O–H groups in total. The van der Waals surface area contributed by atoms with E-state index < -0.39 is 0 Å². The van der Waals surface area contributed by atoms with Gasteiger partial charge in [0.25, 0.3) is 0 Å². The molecule has 0 saturated heterocycles. The van der Waals surface area contributed by atoms with Gasteiger partial charge in [-0.15, -0.1) is 0 Å². The summed E-state index contributed by atoms with van der Waals surface area (Å²) in [6.07, 6.45) is 3.18. The SMILES string of the molecule is Fc1ccc(Oc2ccccc2C2=CCNCC2)cc1. The maximum absolute atomic E-state index is 12.9. The minimum atomic E-state index is -0.258. The van der Waals surface area contributed by atoms with Crippen LogP contribution in [0.5, 0.6) is 11.5 Å². The highest BCUT2D eigenvalue weighted by Gasteiger charge is 2.11. The lowest BCUT2D eigenvalue weighted by Gasteiger charge is -2.17. The summed E-state index contributed by atoms with van der Waals surface area (Å²) in [6.45, 7) is 1.87. The molecule has 0 aromatic heterocycles. The molecule has 0 fully saturated rings. The first-order chi connectivity index (χ1) is 9.83. The van der Waals surface area contributed by atoms with Gasteiger partial charge in [0.05, 0.1) is 0 Å². The summed E-state index contributed by atoms with van der Waals surface area (Å²) in [5.41, 5.74) is 2.40. The highest BCUT2D eigenvalue weighted by molar-refractivity contribution is 5.71. The van der Waals surface area contributed by atoms with Gasteiger partial charge < -0.3 is 10.1 Å². The second-order valence-electron chi connectivity index (χ2n) is 4.74. The van der Waals surface area contributed by atoms with Gasteiger partial charge in [-0.1, -0.05) is 24.3 Å². The molecule has 1 heterocycles. The number of ether oxygens (including phenoxy) is 1. The fourth-order valence-corrected chi connectivity index (χ4v) is 2.32. The summed E-state index contributed by atoms with van der Waals surface area (Å²) < 4.78 is 18.8. The van der Waals surface area contributed by atoms with E-state index in [9.17, 15) is 4.39 Å². The first-order valence-corrected chi connectivity index (χ1v) is 6.75. The van der Waals surface area contributed by atoms with Crippen molar-refractivity contribution in [2.45, 2.75) is 6.42 Å². The average Bonchev–Trinajstić information content (AvgIpc) is 2.51. The zero-order chi connectivity index (χ0) is 13.8. The molecule has 0 amide bonds. The molecule has 2 aromatic carbocycles. The van der Waals surface area contributed by atoms with Gasteiger partial charge in [0.1, 0.15) is 17.3 Å². The van der Waals surface area contributed by atoms with Crippen LogP contribution in [-0.2, 0) is 0 Å². The third-order valence-electron chi connectivity index (χ3n) is 3.34. The monoisotopic (exact) mass is 269 g/mol. The van der Waals surface area contributed by atoms with E-state index in [0.717, 1.165) is 30.8 Å². The van der Waals surface area contributed by atoms with Gasteiger partial charge in [0.15, 0.2) is 0 Å². The molecule has 0 unspecified atom stereocenters. The van der Waals surface area contributed by atoms with E-state index in [-0.39, 0.29) is 5.82 Å². The average molecular weight is 269 g/mol. The molecule has 0 radical (unpaired) electrons. The van der Waals surface area contributed by atoms with Crippen molar-refractivity contribution in [2.75, 3.05) is 13.1 Å². The highest BCUT2D eigenvalue weighted by atomic mass is 19.1. The Morgan fingerprint density at radius 2 is 1.80 bits per heavy atom. The van der Waals surface area contributed by atoms with Crippen molar-refractivity contribution in [3.05, 3.63) is 66.0 Å². The molecule has 3 heteroatoms. The molecule has 102 valence electrons. The zero-order valence-corrected chi connectivity index (χ0v) is 11.1. The van der Waals surface area contributed by atoms with Crippen molar-refractivity contribution in [3.8, 4) is 11.5 Å². The highest BCUT2D eigenvalue weighted by Crippen LogP contribution is 2.32. The van der Waals surface area contributed by atoms with Crippen LogP contribution in [0.15, 0.2) is 54.6 Å². The van der Waals surface area contributed by atoms with Crippen LogP contribution in [0.2, 0.25) is 0 Å². The lowest BCUT2D eigenvalue weighted by atomic mass is 9.99. The third-order valence-corrected chi connectivity index (χ3v) is 3.34. The number of benzene rings is 2. The predicted octanol–water partition coefficient (Wildman–Crippen LogP) is 3.99. The molecular formula is C17H16FNO. The maximum Gasteiger partial charge on any atom is 0.134 e. The Kier molecular flexibility index (Phi) is 3.79.